The van der Waals surface area contributed by atoms with Gasteiger partial charge in [0.25, 0.3) is 0 Å². The summed E-state index contributed by atoms with van der Waals surface area (Å²) < 4.78 is 0. The van der Waals surface area contributed by atoms with Crippen LogP contribution in [0, 0.1) is 11.3 Å². The molecule has 27 heavy (non-hydrogen) atoms. The van der Waals surface area contributed by atoms with Crippen molar-refractivity contribution in [1.29, 1.82) is 5.26 Å². The molecule has 0 saturated heterocycles. The molecule has 1 aromatic carbocycles. The molecule has 1 aliphatic carbocycles. The van der Waals surface area contributed by atoms with Crippen LogP contribution in [0.25, 0.3) is 0 Å². The highest BCUT2D eigenvalue weighted by Crippen LogP contribution is 2.32. The molecule has 1 aliphatic rings. The zero-order valence-electron chi connectivity index (χ0n) is 14.9. The number of aryl methyl sites for hydroxylation is 2. The van der Waals surface area contributed by atoms with Crippen molar-refractivity contribution < 1.29 is 4.79 Å². The number of nitrogens with zero attached hydrogens (tertiary/aromatic N) is 2. The first kappa shape index (κ1) is 20.0. The highest BCUT2D eigenvalue weighted by Gasteiger charge is 2.23. The lowest BCUT2D eigenvalue weighted by Gasteiger charge is -2.19. The topological polar surface area (TPSA) is 65.8 Å². The second-order valence-corrected chi connectivity index (χ2v) is 8.40. The van der Waals surface area contributed by atoms with E-state index >= 15 is 0 Å². The summed E-state index contributed by atoms with van der Waals surface area (Å²) >= 11 is 13.3. The molecule has 1 amide bonds. The van der Waals surface area contributed by atoms with Crippen LogP contribution in [0.4, 0.5) is 5.69 Å². The molecule has 0 bridgehead atoms. The summed E-state index contributed by atoms with van der Waals surface area (Å²) in [4.78, 5) is 17.4. The molecule has 140 valence electrons. The molecule has 7 heteroatoms. The number of rotatable bonds is 5. The number of hydrogen-bond donors (Lipinski definition) is 1. The van der Waals surface area contributed by atoms with E-state index in [2.05, 4.69) is 11.4 Å². The normalized spacial score (nSPS) is 14.1. The maximum atomic E-state index is 12.7. The number of fused-ring (bicyclic) bond motifs is 1. The van der Waals surface area contributed by atoms with Crippen molar-refractivity contribution in [1.82, 2.24) is 4.98 Å². The van der Waals surface area contributed by atoms with Crippen molar-refractivity contribution in [2.24, 2.45) is 0 Å². The second-order valence-electron chi connectivity index (χ2n) is 6.40. The zero-order chi connectivity index (χ0) is 19.4. The fourth-order valence-electron chi connectivity index (χ4n) is 3.04. The van der Waals surface area contributed by atoms with E-state index in [-0.39, 0.29) is 11.2 Å². The van der Waals surface area contributed by atoms with Gasteiger partial charge in [-0.3, -0.25) is 4.79 Å². The molecular weight excluding hydrogens is 401 g/mol. The number of carbonyl (C=O) groups is 1. The summed E-state index contributed by atoms with van der Waals surface area (Å²) in [5.41, 5.74) is 3.35. The maximum absolute atomic E-state index is 12.7. The number of thioether (sulfide) groups is 1. The standard InChI is InChI=1S/C20H19Cl2N3OS/c1-2-18(19(26)24-14-7-8-15(21)16(22)10-14)27-20-13(11-23)9-12-5-3-4-6-17(12)25-20/h7-10,18H,2-6H2,1H3,(H,24,26). The predicted molar refractivity (Wildman–Crippen MR) is 111 cm³/mol. The highest BCUT2D eigenvalue weighted by atomic mass is 35.5. The van der Waals surface area contributed by atoms with Gasteiger partial charge in [0, 0.05) is 11.4 Å². The van der Waals surface area contributed by atoms with E-state index in [4.69, 9.17) is 28.2 Å². The number of aromatic nitrogens is 1. The summed E-state index contributed by atoms with van der Waals surface area (Å²) in [5, 5.41) is 13.5. The number of amides is 1. The molecule has 1 heterocycles. The summed E-state index contributed by atoms with van der Waals surface area (Å²) in [6.45, 7) is 1.94. The average molecular weight is 420 g/mol. The minimum atomic E-state index is -0.360. The van der Waals surface area contributed by atoms with Crippen LogP contribution in [0.1, 0.15) is 43.0 Å². The minimum absolute atomic E-state index is 0.149. The number of nitriles is 1. The van der Waals surface area contributed by atoms with Crippen LogP contribution in [0.2, 0.25) is 10.0 Å². The Balaban J connectivity index is 1.79. The number of nitrogens with one attached hydrogen (secondary N) is 1. The van der Waals surface area contributed by atoms with Gasteiger partial charge in [-0.15, -0.1) is 0 Å². The van der Waals surface area contributed by atoms with Crippen LogP contribution >= 0.6 is 35.0 Å². The quantitative estimate of drug-likeness (QED) is 0.635. The number of halogens is 2. The molecule has 1 aromatic heterocycles. The van der Waals surface area contributed by atoms with Gasteiger partial charge in [0.1, 0.15) is 11.1 Å². The summed E-state index contributed by atoms with van der Waals surface area (Å²) in [6.07, 6.45) is 4.76. The Bertz CT molecular complexity index is 911. The maximum Gasteiger partial charge on any atom is 0.237 e. The van der Waals surface area contributed by atoms with Crippen LogP contribution in [0.5, 0.6) is 0 Å². The number of pyridine rings is 1. The lowest BCUT2D eigenvalue weighted by Crippen LogP contribution is -2.25. The van der Waals surface area contributed by atoms with Crippen molar-refractivity contribution in [3.05, 3.63) is 51.1 Å². The molecule has 0 spiro atoms. The molecule has 4 nitrogen and oxygen atoms in total. The van der Waals surface area contributed by atoms with Gasteiger partial charge < -0.3 is 5.32 Å². The molecule has 3 rings (SSSR count). The largest absolute Gasteiger partial charge is 0.325 e. The first-order valence-corrected chi connectivity index (χ1v) is 10.5. The third-order valence-electron chi connectivity index (χ3n) is 4.49. The first-order valence-electron chi connectivity index (χ1n) is 8.87. The van der Waals surface area contributed by atoms with Crippen molar-refractivity contribution >= 4 is 46.6 Å². The first-order chi connectivity index (χ1) is 13.0. The SMILES string of the molecule is CCC(Sc1nc2c(cc1C#N)CCCC2)C(=O)Nc1ccc(Cl)c(Cl)c1. The molecule has 0 radical (unpaired) electrons. The van der Waals surface area contributed by atoms with Crippen LogP contribution in [-0.2, 0) is 17.6 Å². The number of anilines is 1. The molecule has 0 saturated carbocycles. The Labute approximate surface area is 173 Å². The fraction of sp³-hybridized carbons (Fsp3) is 0.350. The predicted octanol–water partition coefficient (Wildman–Crippen LogP) is 5.65. The van der Waals surface area contributed by atoms with E-state index in [1.165, 1.54) is 11.8 Å². The third-order valence-corrected chi connectivity index (χ3v) is 6.60. The summed E-state index contributed by atoms with van der Waals surface area (Å²) in [6, 6.07) is 9.15. The van der Waals surface area contributed by atoms with E-state index in [1.807, 2.05) is 13.0 Å². The van der Waals surface area contributed by atoms with Gasteiger partial charge >= 0.3 is 0 Å². The van der Waals surface area contributed by atoms with Crippen LogP contribution in [0.3, 0.4) is 0 Å². The number of carbonyl (C=O) groups excluding carboxylic acids is 1. The van der Waals surface area contributed by atoms with Crippen molar-refractivity contribution in [2.45, 2.75) is 49.3 Å². The summed E-state index contributed by atoms with van der Waals surface area (Å²) in [5.74, 6) is -0.149. The smallest absolute Gasteiger partial charge is 0.237 e. The average Bonchev–Trinajstić information content (AvgIpc) is 2.68. The molecule has 1 unspecified atom stereocenters. The van der Waals surface area contributed by atoms with Gasteiger partial charge in [-0.25, -0.2) is 4.98 Å². The van der Waals surface area contributed by atoms with Gasteiger partial charge in [0.15, 0.2) is 0 Å². The monoisotopic (exact) mass is 419 g/mol. The molecule has 1 N–H and O–H groups in total. The van der Waals surface area contributed by atoms with Gasteiger partial charge in [-0.2, -0.15) is 5.26 Å². The highest BCUT2D eigenvalue weighted by molar-refractivity contribution is 8.00. The molecule has 0 fully saturated rings. The van der Waals surface area contributed by atoms with Crippen molar-refractivity contribution in [3.8, 4) is 6.07 Å². The summed E-state index contributed by atoms with van der Waals surface area (Å²) in [7, 11) is 0. The van der Waals surface area contributed by atoms with E-state index in [9.17, 15) is 10.1 Å². The lowest BCUT2D eigenvalue weighted by atomic mass is 9.95. The third kappa shape index (κ3) is 4.76. The van der Waals surface area contributed by atoms with Gasteiger partial charge in [-0.1, -0.05) is 41.9 Å². The molecule has 1 atom stereocenters. The minimum Gasteiger partial charge on any atom is -0.325 e. The van der Waals surface area contributed by atoms with Gasteiger partial charge in [0.2, 0.25) is 5.91 Å². The number of benzene rings is 1. The van der Waals surface area contributed by atoms with E-state index in [0.29, 0.717) is 32.7 Å². The second kappa shape index (κ2) is 8.97. The zero-order valence-corrected chi connectivity index (χ0v) is 17.2. The van der Waals surface area contributed by atoms with E-state index in [1.54, 1.807) is 18.2 Å². The molecule has 0 aliphatic heterocycles. The van der Waals surface area contributed by atoms with Gasteiger partial charge in [-0.05, 0) is 61.9 Å². The van der Waals surface area contributed by atoms with Crippen molar-refractivity contribution in [2.75, 3.05) is 5.32 Å². The molecular formula is C20H19Cl2N3OS. The van der Waals surface area contributed by atoms with Crippen LogP contribution in [0.15, 0.2) is 29.3 Å². The Kier molecular flexibility index (Phi) is 6.64. The van der Waals surface area contributed by atoms with Gasteiger partial charge in [0.05, 0.1) is 20.9 Å². The van der Waals surface area contributed by atoms with Crippen LogP contribution < -0.4 is 5.32 Å². The fourth-order valence-corrected chi connectivity index (χ4v) is 4.33. The Morgan fingerprint density at radius 1 is 1.30 bits per heavy atom. The van der Waals surface area contributed by atoms with E-state index < -0.39 is 0 Å². The lowest BCUT2D eigenvalue weighted by molar-refractivity contribution is -0.115. The Morgan fingerprint density at radius 3 is 2.78 bits per heavy atom. The number of hydrogen-bond acceptors (Lipinski definition) is 4. The molecule has 2 aromatic rings. The van der Waals surface area contributed by atoms with Crippen molar-refractivity contribution in [3.63, 3.8) is 0 Å². The van der Waals surface area contributed by atoms with E-state index in [0.717, 1.165) is 36.9 Å². The Morgan fingerprint density at radius 2 is 2.07 bits per heavy atom. The Hall–Kier alpha value is -1.74. The van der Waals surface area contributed by atoms with Crippen LogP contribution in [-0.4, -0.2) is 16.1 Å².